The first-order valence-electron chi connectivity index (χ1n) is 8.91. The van der Waals surface area contributed by atoms with E-state index in [0.717, 1.165) is 24.8 Å². The zero-order valence-electron chi connectivity index (χ0n) is 15.1. The smallest absolute Gasteiger partial charge is 0.118 e. The lowest BCUT2D eigenvalue weighted by Gasteiger charge is -2.44. The molecule has 2 aromatic rings. The minimum Gasteiger partial charge on any atom is -0.508 e. The molecule has 2 heteroatoms. The summed E-state index contributed by atoms with van der Waals surface area (Å²) in [5.74, 6) is 1.85. The molecule has 0 radical (unpaired) electrons. The van der Waals surface area contributed by atoms with Crippen molar-refractivity contribution in [3.63, 3.8) is 0 Å². The molecule has 1 saturated carbocycles. The van der Waals surface area contributed by atoms with Crippen LogP contribution in [0.3, 0.4) is 0 Å². The Balaban J connectivity index is 1.85. The van der Waals surface area contributed by atoms with E-state index in [1.807, 2.05) is 13.0 Å². The van der Waals surface area contributed by atoms with E-state index in [9.17, 15) is 10.2 Å². The first-order chi connectivity index (χ1) is 11.3. The summed E-state index contributed by atoms with van der Waals surface area (Å²) in [6.45, 7) is 8.83. The van der Waals surface area contributed by atoms with E-state index >= 15 is 0 Å². The highest BCUT2D eigenvalue weighted by Gasteiger charge is 2.39. The summed E-state index contributed by atoms with van der Waals surface area (Å²) in [5.41, 5.74) is 5.12. The van der Waals surface area contributed by atoms with Gasteiger partial charge in [-0.2, -0.15) is 0 Å². The van der Waals surface area contributed by atoms with Crippen molar-refractivity contribution in [2.75, 3.05) is 0 Å². The van der Waals surface area contributed by atoms with Crippen molar-refractivity contribution >= 4 is 0 Å². The number of rotatable bonds is 2. The second-order valence-electron chi connectivity index (χ2n) is 7.76. The number of benzene rings is 2. The lowest BCUT2D eigenvalue weighted by Crippen LogP contribution is -2.36. The molecule has 2 nitrogen and oxygen atoms in total. The van der Waals surface area contributed by atoms with E-state index in [2.05, 4.69) is 39.0 Å². The van der Waals surface area contributed by atoms with Gasteiger partial charge in [-0.1, -0.05) is 32.0 Å². The van der Waals surface area contributed by atoms with Gasteiger partial charge in [0.2, 0.25) is 0 Å². The van der Waals surface area contributed by atoms with Crippen LogP contribution in [0.15, 0.2) is 36.4 Å². The number of phenols is 2. The Kier molecular flexibility index (Phi) is 4.33. The summed E-state index contributed by atoms with van der Waals surface area (Å²) in [5, 5.41) is 19.5. The number of phenolic OH excluding ortho intramolecular Hbond substituents is 2. The molecule has 3 unspecified atom stereocenters. The third-order valence-electron chi connectivity index (χ3n) is 6.50. The quantitative estimate of drug-likeness (QED) is 0.757. The zero-order valence-corrected chi connectivity index (χ0v) is 15.1. The third-order valence-corrected chi connectivity index (χ3v) is 6.50. The van der Waals surface area contributed by atoms with E-state index in [1.165, 1.54) is 16.7 Å². The maximum Gasteiger partial charge on any atom is 0.118 e. The molecule has 2 N–H and O–H groups in total. The van der Waals surface area contributed by atoms with Gasteiger partial charge in [-0.15, -0.1) is 0 Å². The second kappa shape index (κ2) is 6.16. The van der Waals surface area contributed by atoms with Crippen molar-refractivity contribution in [3.05, 3.63) is 58.7 Å². The molecule has 0 bridgehead atoms. The number of aromatic hydroxyl groups is 2. The van der Waals surface area contributed by atoms with Gasteiger partial charge in [0.05, 0.1) is 0 Å². The molecule has 128 valence electrons. The maximum absolute atomic E-state index is 9.91. The van der Waals surface area contributed by atoms with Gasteiger partial charge in [0.25, 0.3) is 0 Å². The highest BCUT2D eigenvalue weighted by atomic mass is 16.3. The molecule has 0 aromatic heterocycles. The van der Waals surface area contributed by atoms with Crippen LogP contribution in [-0.4, -0.2) is 10.2 Å². The zero-order chi connectivity index (χ0) is 17.5. The Bertz CT molecular complexity index is 732. The van der Waals surface area contributed by atoms with Gasteiger partial charge in [0.1, 0.15) is 11.5 Å². The Morgan fingerprint density at radius 3 is 2.25 bits per heavy atom. The van der Waals surface area contributed by atoms with Gasteiger partial charge in [0.15, 0.2) is 0 Å². The summed E-state index contributed by atoms with van der Waals surface area (Å²) in [6, 6.07) is 11.7. The van der Waals surface area contributed by atoms with Crippen LogP contribution >= 0.6 is 0 Å². The fraction of sp³-hybridized carbons (Fsp3) is 0.455. The molecule has 0 heterocycles. The van der Waals surface area contributed by atoms with E-state index < -0.39 is 0 Å². The van der Waals surface area contributed by atoms with Crippen molar-refractivity contribution in [2.45, 2.75) is 58.3 Å². The van der Waals surface area contributed by atoms with Crippen molar-refractivity contribution in [2.24, 2.45) is 5.92 Å². The molecule has 1 fully saturated rings. The summed E-state index contributed by atoms with van der Waals surface area (Å²) in [7, 11) is 0. The average Bonchev–Trinajstić information content (AvgIpc) is 2.56. The van der Waals surface area contributed by atoms with Crippen LogP contribution in [0.4, 0.5) is 0 Å². The summed E-state index contributed by atoms with van der Waals surface area (Å²) < 4.78 is 0. The first kappa shape index (κ1) is 16.9. The molecule has 2 aromatic carbocycles. The molecule has 1 aliphatic carbocycles. The monoisotopic (exact) mass is 324 g/mol. The van der Waals surface area contributed by atoms with Crippen LogP contribution in [0, 0.1) is 19.8 Å². The Hall–Kier alpha value is -1.96. The van der Waals surface area contributed by atoms with Gasteiger partial charge < -0.3 is 10.2 Å². The van der Waals surface area contributed by atoms with E-state index in [-0.39, 0.29) is 5.41 Å². The average molecular weight is 324 g/mol. The van der Waals surface area contributed by atoms with Crippen LogP contribution in [0.2, 0.25) is 0 Å². The standard InChI is InChI=1S/C22H28O2/c1-14-13-17(20-9-10-21(24)16(3)15(20)2)11-12-22(14,4)18-5-7-19(23)8-6-18/h5-10,14,17,23-24H,11-13H2,1-4H3. The lowest BCUT2D eigenvalue weighted by atomic mass is 9.60. The fourth-order valence-electron chi connectivity index (χ4n) is 4.35. The Labute approximate surface area is 145 Å². The van der Waals surface area contributed by atoms with E-state index in [1.54, 1.807) is 12.1 Å². The van der Waals surface area contributed by atoms with Gasteiger partial charge >= 0.3 is 0 Å². The minimum absolute atomic E-state index is 0.157. The summed E-state index contributed by atoms with van der Waals surface area (Å²) in [6.07, 6.45) is 3.46. The maximum atomic E-state index is 9.91. The third kappa shape index (κ3) is 2.79. The molecule has 1 aliphatic rings. The predicted molar refractivity (Wildman–Crippen MR) is 98.8 cm³/mol. The Morgan fingerprint density at radius 2 is 1.62 bits per heavy atom. The molecule has 3 rings (SSSR count). The van der Waals surface area contributed by atoms with Gasteiger partial charge in [0, 0.05) is 0 Å². The summed E-state index contributed by atoms with van der Waals surface area (Å²) in [4.78, 5) is 0. The van der Waals surface area contributed by atoms with Gasteiger partial charge in [-0.25, -0.2) is 0 Å². The second-order valence-corrected chi connectivity index (χ2v) is 7.76. The topological polar surface area (TPSA) is 40.5 Å². The minimum atomic E-state index is 0.157. The van der Waals surface area contributed by atoms with Crippen molar-refractivity contribution in [1.29, 1.82) is 0 Å². The Morgan fingerprint density at radius 1 is 0.958 bits per heavy atom. The fourth-order valence-corrected chi connectivity index (χ4v) is 4.35. The van der Waals surface area contributed by atoms with Crippen LogP contribution in [0.1, 0.15) is 61.3 Å². The molecule has 0 saturated heterocycles. The normalized spacial score (nSPS) is 27.2. The molecule has 0 aliphatic heterocycles. The van der Waals surface area contributed by atoms with Gasteiger partial charge in [-0.05, 0) is 90.8 Å². The highest BCUT2D eigenvalue weighted by Crippen LogP contribution is 2.49. The highest BCUT2D eigenvalue weighted by molar-refractivity contribution is 5.44. The molecular weight excluding hydrogens is 296 g/mol. The van der Waals surface area contributed by atoms with Crippen LogP contribution in [0.5, 0.6) is 11.5 Å². The van der Waals surface area contributed by atoms with Crippen molar-refractivity contribution in [3.8, 4) is 11.5 Å². The van der Waals surface area contributed by atoms with Crippen LogP contribution in [0.25, 0.3) is 0 Å². The summed E-state index contributed by atoms with van der Waals surface area (Å²) >= 11 is 0. The van der Waals surface area contributed by atoms with Gasteiger partial charge in [-0.3, -0.25) is 0 Å². The van der Waals surface area contributed by atoms with Crippen LogP contribution in [-0.2, 0) is 5.41 Å². The van der Waals surface area contributed by atoms with E-state index in [4.69, 9.17) is 0 Å². The largest absolute Gasteiger partial charge is 0.508 e. The number of hydrogen-bond donors (Lipinski definition) is 2. The molecule has 24 heavy (non-hydrogen) atoms. The molecular formula is C22H28O2. The molecule has 0 spiro atoms. The first-order valence-corrected chi connectivity index (χ1v) is 8.91. The molecule has 0 amide bonds. The van der Waals surface area contributed by atoms with Crippen molar-refractivity contribution in [1.82, 2.24) is 0 Å². The van der Waals surface area contributed by atoms with Crippen molar-refractivity contribution < 1.29 is 10.2 Å². The predicted octanol–water partition coefficient (Wildman–Crippen LogP) is 5.58. The SMILES string of the molecule is Cc1c(O)ccc(C2CCC(C)(c3ccc(O)cc3)C(C)C2)c1C. The van der Waals surface area contributed by atoms with E-state index in [0.29, 0.717) is 23.3 Å². The van der Waals surface area contributed by atoms with Crippen LogP contribution < -0.4 is 0 Å². The molecule has 3 atom stereocenters. The lowest BCUT2D eigenvalue weighted by molar-refractivity contribution is 0.200. The number of hydrogen-bond acceptors (Lipinski definition) is 2.